The van der Waals surface area contributed by atoms with Crippen molar-refractivity contribution in [3.8, 4) is 28.3 Å². The Bertz CT molecular complexity index is 1120. The van der Waals surface area contributed by atoms with Crippen molar-refractivity contribution in [2.45, 2.75) is 19.4 Å². The van der Waals surface area contributed by atoms with Crippen LogP contribution in [0, 0.1) is 0 Å². The number of carbonyl (C=O) groups is 1. The summed E-state index contributed by atoms with van der Waals surface area (Å²) in [6.45, 7) is 4.64. The Labute approximate surface area is 178 Å². The number of nitrogens with one attached hydrogen (secondary N) is 2. The van der Waals surface area contributed by atoms with Crippen LogP contribution < -0.4 is 5.32 Å². The van der Waals surface area contributed by atoms with Crippen LogP contribution in [-0.4, -0.2) is 39.2 Å². The number of aromatic nitrogens is 3. The molecule has 0 unspecified atom stereocenters. The Hall–Kier alpha value is -3.16. The van der Waals surface area contributed by atoms with Crippen LogP contribution in [-0.2, 0) is 15.1 Å². The Morgan fingerprint density at radius 2 is 2.00 bits per heavy atom. The molecule has 0 saturated carbocycles. The van der Waals surface area contributed by atoms with Gasteiger partial charge in [0.15, 0.2) is 0 Å². The van der Waals surface area contributed by atoms with E-state index in [1.807, 2.05) is 32.0 Å². The van der Waals surface area contributed by atoms with Crippen molar-refractivity contribution in [3.05, 3.63) is 65.2 Å². The maximum Gasteiger partial charge on any atom is 0.335 e. The first-order valence-corrected chi connectivity index (χ1v) is 9.84. The van der Waals surface area contributed by atoms with Gasteiger partial charge in [-0.1, -0.05) is 17.7 Å². The van der Waals surface area contributed by atoms with Gasteiger partial charge in [-0.25, -0.2) is 9.78 Å². The molecule has 7 nitrogen and oxygen atoms in total. The number of phenols is 1. The number of pyridine rings is 1. The largest absolute Gasteiger partial charge is 0.506 e. The van der Waals surface area contributed by atoms with E-state index in [1.165, 1.54) is 0 Å². The topological polar surface area (TPSA) is 100 Å². The highest BCUT2D eigenvalue weighted by molar-refractivity contribution is 6.32. The number of imidazole rings is 1. The average Bonchev–Trinajstić information content (AvgIpc) is 3.36. The van der Waals surface area contributed by atoms with E-state index >= 15 is 0 Å². The van der Waals surface area contributed by atoms with Gasteiger partial charge in [0.25, 0.3) is 0 Å². The lowest BCUT2D eigenvalue weighted by molar-refractivity contribution is -0.136. The van der Waals surface area contributed by atoms with E-state index in [0.717, 1.165) is 16.8 Å². The summed E-state index contributed by atoms with van der Waals surface area (Å²) in [4.78, 5) is 24.0. The minimum absolute atomic E-state index is 0.0107. The van der Waals surface area contributed by atoms with E-state index < -0.39 is 5.54 Å². The van der Waals surface area contributed by atoms with E-state index in [-0.39, 0.29) is 16.7 Å². The van der Waals surface area contributed by atoms with Crippen LogP contribution in [0.15, 0.2) is 54.4 Å². The molecule has 1 aromatic carbocycles. The quantitative estimate of drug-likeness (QED) is 0.520. The molecule has 3 N–H and O–H groups in total. The van der Waals surface area contributed by atoms with Crippen molar-refractivity contribution >= 4 is 17.6 Å². The summed E-state index contributed by atoms with van der Waals surface area (Å²) in [6.07, 6.45) is 5.19. The van der Waals surface area contributed by atoms with Crippen molar-refractivity contribution in [2.24, 2.45) is 0 Å². The van der Waals surface area contributed by atoms with E-state index in [1.54, 1.807) is 30.6 Å². The lowest BCUT2D eigenvalue weighted by Crippen LogP contribution is -2.39. The number of phenolic OH excluding ortho intramolecular Hbond substituents is 1. The normalized spacial score (nSPS) is 14.0. The third-order valence-electron chi connectivity index (χ3n) is 5.01. The van der Waals surface area contributed by atoms with Crippen LogP contribution in [0.25, 0.3) is 22.5 Å². The fraction of sp³-hybridized carbons (Fsp3) is 0.227. The molecule has 1 aliphatic heterocycles. The van der Waals surface area contributed by atoms with Gasteiger partial charge in [0.1, 0.15) is 18.2 Å². The molecule has 0 bridgehead atoms. The Balaban J connectivity index is 1.73. The van der Waals surface area contributed by atoms with Crippen LogP contribution in [0.2, 0.25) is 5.02 Å². The van der Waals surface area contributed by atoms with Gasteiger partial charge in [-0.15, -0.1) is 0 Å². The van der Waals surface area contributed by atoms with Gasteiger partial charge >= 0.3 is 5.97 Å². The standard InChI is InChI=1S/C22H21ClN4O3/c1-22(2,25-12-15-7-10-30-20(15)29)21-26-18(13-5-8-24-9-6-13)19(27-21)14-3-4-16(23)17(28)11-14/h3-9,11,25,28H,10,12H2,1-2H3,(H,26,27). The molecule has 3 aromatic rings. The molecule has 0 amide bonds. The minimum atomic E-state index is -0.571. The molecular formula is C22H21ClN4O3. The number of esters is 1. The summed E-state index contributed by atoms with van der Waals surface area (Å²) in [5.74, 6) is 0.377. The smallest absolute Gasteiger partial charge is 0.335 e. The number of halogens is 1. The summed E-state index contributed by atoms with van der Waals surface area (Å²) in [5, 5.41) is 13.7. The van der Waals surface area contributed by atoms with Crippen molar-refractivity contribution in [2.75, 3.05) is 13.2 Å². The number of nitrogens with zero attached hydrogens (tertiary/aromatic N) is 2. The molecule has 30 heavy (non-hydrogen) atoms. The second kappa shape index (κ2) is 7.93. The van der Waals surface area contributed by atoms with Crippen molar-refractivity contribution in [3.63, 3.8) is 0 Å². The van der Waals surface area contributed by atoms with Crippen LogP contribution in [0.3, 0.4) is 0 Å². The highest BCUT2D eigenvalue weighted by atomic mass is 35.5. The molecule has 0 spiro atoms. The number of aromatic amines is 1. The first kappa shape index (κ1) is 20.1. The van der Waals surface area contributed by atoms with Gasteiger partial charge in [-0.3, -0.25) is 4.98 Å². The lowest BCUT2D eigenvalue weighted by atomic mass is 10.0. The van der Waals surface area contributed by atoms with Crippen LogP contribution >= 0.6 is 11.6 Å². The number of benzene rings is 1. The molecule has 0 atom stereocenters. The van der Waals surface area contributed by atoms with Crippen LogP contribution in [0.5, 0.6) is 5.75 Å². The zero-order valence-corrected chi connectivity index (χ0v) is 17.3. The molecule has 0 radical (unpaired) electrons. The van der Waals surface area contributed by atoms with Crippen molar-refractivity contribution in [1.29, 1.82) is 0 Å². The number of H-pyrrole nitrogens is 1. The Kier molecular flexibility index (Phi) is 5.32. The number of hydrogen-bond acceptors (Lipinski definition) is 6. The third-order valence-corrected chi connectivity index (χ3v) is 5.33. The second-order valence-corrected chi connectivity index (χ2v) is 7.92. The number of rotatable bonds is 6. The SMILES string of the molecule is CC(C)(NCC1=CCOC1=O)c1nc(-c2ccc(Cl)c(O)c2)c(-c2ccncc2)[nH]1. The number of aromatic hydroxyl groups is 1. The minimum Gasteiger partial charge on any atom is -0.506 e. The van der Waals surface area contributed by atoms with Crippen molar-refractivity contribution < 1.29 is 14.6 Å². The van der Waals surface area contributed by atoms with Crippen LogP contribution in [0.4, 0.5) is 0 Å². The van der Waals surface area contributed by atoms with Gasteiger partial charge in [0.2, 0.25) is 0 Å². The molecule has 3 heterocycles. The molecule has 8 heteroatoms. The average molecular weight is 425 g/mol. The highest BCUT2D eigenvalue weighted by Crippen LogP contribution is 2.35. The molecule has 0 saturated heterocycles. The number of hydrogen-bond donors (Lipinski definition) is 3. The summed E-state index contributed by atoms with van der Waals surface area (Å²) in [5.41, 5.74) is 3.14. The van der Waals surface area contributed by atoms with E-state index in [9.17, 15) is 9.90 Å². The van der Waals surface area contributed by atoms with Gasteiger partial charge < -0.3 is 20.1 Å². The monoisotopic (exact) mass is 424 g/mol. The van der Waals surface area contributed by atoms with Crippen LogP contribution in [0.1, 0.15) is 19.7 Å². The maximum absolute atomic E-state index is 11.7. The third kappa shape index (κ3) is 3.94. The zero-order valence-electron chi connectivity index (χ0n) is 16.6. The van der Waals surface area contributed by atoms with Gasteiger partial charge in [0, 0.05) is 30.1 Å². The molecule has 0 aliphatic carbocycles. The zero-order chi connectivity index (χ0) is 21.3. The summed E-state index contributed by atoms with van der Waals surface area (Å²) in [7, 11) is 0. The number of ether oxygens (including phenoxy) is 1. The molecule has 0 fully saturated rings. The maximum atomic E-state index is 11.7. The highest BCUT2D eigenvalue weighted by Gasteiger charge is 2.28. The number of cyclic esters (lactones) is 1. The van der Waals surface area contributed by atoms with Gasteiger partial charge in [-0.05, 0) is 44.2 Å². The first-order chi connectivity index (χ1) is 14.3. The Morgan fingerprint density at radius 3 is 2.67 bits per heavy atom. The molecule has 4 rings (SSSR count). The molecule has 1 aliphatic rings. The summed E-state index contributed by atoms with van der Waals surface area (Å²) < 4.78 is 4.96. The predicted octanol–water partition coefficient (Wildman–Crippen LogP) is 3.81. The molecule has 2 aromatic heterocycles. The lowest BCUT2D eigenvalue weighted by Gasteiger charge is -2.24. The van der Waals surface area contributed by atoms with Gasteiger partial charge in [-0.2, -0.15) is 0 Å². The Morgan fingerprint density at radius 1 is 1.23 bits per heavy atom. The number of carbonyl (C=O) groups excluding carboxylic acids is 1. The summed E-state index contributed by atoms with van der Waals surface area (Å²) >= 11 is 5.98. The van der Waals surface area contributed by atoms with E-state index in [2.05, 4.69) is 15.3 Å². The van der Waals surface area contributed by atoms with E-state index in [4.69, 9.17) is 21.3 Å². The fourth-order valence-electron chi connectivity index (χ4n) is 3.20. The second-order valence-electron chi connectivity index (χ2n) is 7.52. The van der Waals surface area contributed by atoms with Crippen molar-refractivity contribution in [1.82, 2.24) is 20.3 Å². The predicted molar refractivity (Wildman–Crippen MR) is 114 cm³/mol. The molecule has 154 valence electrons. The summed E-state index contributed by atoms with van der Waals surface area (Å²) in [6, 6.07) is 8.81. The first-order valence-electron chi connectivity index (χ1n) is 9.46. The van der Waals surface area contributed by atoms with Gasteiger partial charge in [0.05, 0.1) is 27.5 Å². The molecular weight excluding hydrogens is 404 g/mol. The van der Waals surface area contributed by atoms with E-state index in [0.29, 0.717) is 30.2 Å². The fourth-order valence-corrected chi connectivity index (χ4v) is 3.32.